The molecule has 1 aliphatic heterocycles. The van der Waals surface area contributed by atoms with Crippen LogP contribution >= 0.6 is 11.3 Å². The minimum absolute atomic E-state index is 0.0506. The summed E-state index contributed by atoms with van der Waals surface area (Å²) in [6.45, 7) is 5.17. The fourth-order valence-corrected chi connectivity index (χ4v) is 3.60. The lowest BCUT2D eigenvalue weighted by Crippen LogP contribution is -2.40. The Hall–Kier alpha value is -1.72. The first kappa shape index (κ1) is 15.2. The van der Waals surface area contributed by atoms with Crippen LogP contribution in [-0.4, -0.2) is 41.5 Å². The van der Waals surface area contributed by atoms with Crippen LogP contribution in [0.5, 0.6) is 0 Å². The minimum Gasteiger partial charge on any atom is -0.351 e. The van der Waals surface area contributed by atoms with E-state index < -0.39 is 0 Å². The van der Waals surface area contributed by atoms with E-state index in [1.54, 1.807) is 23.5 Å². The number of rotatable bonds is 5. The van der Waals surface area contributed by atoms with Gasteiger partial charge in [0, 0.05) is 18.7 Å². The Kier molecular flexibility index (Phi) is 4.85. The highest BCUT2D eigenvalue weighted by Crippen LogP contribution is 2.22. The Morgan fingerprint density at radius 2 is 2.18 bits per heavy atom. The van der Waals surface area contributed by atoms with Gasteiger partial charge in [-0.3, -0.25) is 9.69 Å². The Morgan fingerprint density at radius 3 is 2.95 bits per heavy atom. The fraction of sp³-hybridized carbons (Fsp3) is 0.412. The van der Waals surface area contributed by atoms with E-state index in [9.17, 15) is 4.79 Å². The molecule has 5 heteroatoms. The van der Waals surface area contributed by atoms with Gasteiger partial charge in [-0.25, -0.2) is 4.98 Å². The number of hydrogen-bond donors (Lipinski definition) is 1. The molecule has 0 spiro atoms. The van der Waals surface area contributed by atoms with E-state index in [1.165, 1.54) is 12.8 Å². The van der Waals surface area contributed by atoms with Crippen molar-refractivity contribution in [1.82, 2.24) is 15.2 Å². The number of nitrogens with zero attached hydrogens (tertiary/aromatic N) is 2. The average molecular weight is 315 g/mol. The molecule has 0 saturated carbocycles. The molecule has 2 heterocycles. The summed E-state index contributed by atoms with van der Waals surface area (Å²) in [4.78, 5) is 18.8. The fourth-order valence-electron chi connectivity index (χ4n) is 2.73. The molecule has 0 bridgehead atoms. The first-order chi connectivity index (χ1) is 10.7. The van der Waals surface area contributed by atoms with E-state index in [0.29, 0.717) is 12.6 Å². The molecule has 3 rings (SSSR count). The topological polar surface area (TPSA) is 45.2 Å². The molecule has 1 unspecified atom stereocenters. The molecule has 2 aromatic rings. The summed E-state index contributed by atoms with van der Waals surface area (Å²) in [6.07, 6.45) is 5.92. The number of carbonyl (C=O) groups excluding carboxylic acids is 1. The van der Waals surface area contributed by atoms with Gasteiger partial charge in [0.05, 0.1) is 10.2 Å². The predicted molar refractivity (Wildman–Crippen MR) is 91.9 cm³/mol. The molecule has 1 amide bonds. The van der Waals surface area contributed by atoms with Gasteiger partial charge < -0.3 is 5.32 Å². The number of carbonyl (C=O) groups is 1. The zero-order valence-electron chi connectivity index (χ0n) is 12.8. The second kappa shape index (κ2) is 7.03. The van der Waals surface area contributed by atoms with Crippen molar-refractivity contribution in [1.29, 1.82) is 0 Å². The van der Waals surface area contributed by atoms with E-state index in [4.69, 9.17) is 0 Å². The van der Waals surface area contributed by atoms with Gasteiger partial charge in [0.2, 0.25) is 5.91 Å². The zero-order valence-corrected chi connectivity index (χ0v) is 13.6. The summed E-state index contributed by atoms with van der Waals surface area (Å²) < 4.78 is 1.14. The van der Waals surface area contributed by atoms with Crippen LogP contribution in [0.15, 0.2) is 30.3 Å². The van der Waals surface area contributed by atoms with Crippen molar-refractivity contribution in [3.8, 4) is 0 Å². The molecule has 1 aromatic carbocycles. The minimum atomic E-state index is -0.0506. The number of amides is 1. The number of para-hydroxylation sites is 1. The van der Waals surface area contributed by atoms with Crippen molar-refractivity contribution >= 4 is 33.5 Å². The van der Waals surface area contributed by atoms with E-state index in [1.807, 2.05) is 24.3 Å². The van der Waals surface area contributed by atoms with Crippen LogP contribution in [0.3, 0.4) is 0 Å². The quantitative estimate of drug-likeness (QED) is 0.863. The van der Waals surface area contributed by atoms with Crippen molar-refractivity contribution in [2.75, 3.05) is 19.6 Å². The van der Waals surface area contributed by atoms with Crippen molar-refractivity contribution in [2.45, 2.75) is 25.8 Å². The van der Waals surface area contributed by atoms with E-state index >= 15 is 0 Å². The average Bonchev–Trinajstić information content (AvgIpc) is 3.19. The lowest BCUT2D eigenvalue weighted by atomic mass is 10.3. The maximum absolute atomic E-state index is 11.9. The summed E-state index contributed by atoms with van der Waals surface area (Å²) >= 11 is 1.60. The molecule has 0 aliphatic carbocycles. The van der Waals surface area contributed by atoms with Crippen LogP contribution in [0.1, 0.15) is 24.8 Å². The van der Waals surface area contributed by atoms with Crippen LogP contribution in [0, 0.1) is 0 Å². The first-order valence-electron chi connectivity index (χ1n) is 7.78. The van der Waals surface area contributed by atoms with Crippen LogP contribution in [0.4, 0.5) is 0 Å². The number of aromatic nitrogens is 1. The van der Waals surface area contributed by atoms with E-state index in [2.05, 4.69) is 22.1 Å². The number of thiazole rings is 1. The molecule has 1 saturated heterocycles. The van der Waals surface area contributed by atoms with Crippen molar-refractivity contribution in [2.24, 2.45) is 0 Å². The highest BCUT2D eigenvalue weighted by atomic mass is 32.1. The van der Waals surface area contributed by atoms with E-state index in [0.717, 1.165) is 28.3 Å². The summed E-state index contributed by atoms with van der Waals surface area (Å²) in [5.41, 5.74) is 0.982. The second-order valence-corrected chi connectivity index (χ2v) is 6.75. The normalized spacial score (nSPS) is 17.3. The first-order valence-corrected chi connectivity index (χ1v) is 8.59. The van der Waals surface area contributed by atoms with Crippen molar-refractivity contribution in [3.63, 3.8) is 0 Å². The Labute approximate surface area is 134 Å². The number of nitrogens with one attached hydrogen (secondary N) is 1. The van der Waals surface area contributed by atoms with Gasteiger partial charge in [-0.2, -0.15) is 0 Å². The third-order valence-corrected chi connectivity index (χ3v) is 5.03. The molecule has 0 radical (unpaired) electrons. The highest BCUT2D eigenvalue weighted by Gasteiger charge is 2.17. The molecular formula is C17H21N3OS. The number of fused-ring (bicyclic) bond motifs is 1. The number of likely N-dealkylation sites (tertiary alicyclic amines) is 1. The molecule has 22 heavy (non-hydrogen) atoms. The third-order valence-electron chi connectivity index (χ3n) is 4.02. The van der Waals surface area contributed by atoms with Gasteiger partial charge in [-0.05, 0) is 51.1 Å². The number of hydrogen-bond acceptors (Lipinski definition) is 4. The van der Waals surface area contributed by atoms with Crippen LogP contribution in [0.25, 0.3) is 16.3 Å². The monoisotopic (exact) mass is 315 g/mol. The number of benzene rings is 1. The molecular weight excluding hydrogens is 294 g/mol. The van der Waals surface area contributed by atoms with Gasteiger partial charge in [-0.15, -0.1) is 11.3 Å². The van der Waals surface area contributed by atoms with Gasteiger partial charge in [0.15, 0.2) is 0 Å². The smallest absolute Gasteiger partial charge is 0.244 e. The zero-order chi connectivity index (χ0) is 15.4. The predicted octanol–water partition coefficient (Wildman–Crippen LogP) is 2.91. The molecule has 1 N–H and O–H groups in total. The summed E-state index contributed by atoms with van der Waals surface area (Å²) in [6, 6.07) is 8.41. The highest BCUT2D eigenvalue weighted by molar-refractivity contribution is 7.19. The summed E-state index contributed by atoms with van der Waals surface area (Å²) in [5, 5.41) is 3.84. The maximum Gasteiger partial charge on any atom is 0.244 e. The maximum atomic E-state index is 11.9. The molecule has 1 aromatic heterocycles. The van der Waals surface area contributed by atoms with Crippen molar-refractivity contribution in [3.05, 3.63) is 35.3 Å². The summed E-state index contributed by atoms with van der Waals surface area (Å²) in [7, 11) is 0. The van der Waals surface area contributed by atoms with Crippen LogP contribution < -0.4 is 5.32 Å². The molecule has 1 aliphatic rings. The molecule has 116 valence electrons. The van der Waals surface area contributed by atoms with Gasteiger partial charge in [0.1, 0.15) is 5.01 Å². The molecule has 1 fully saturated rings. The lowest BCUT2D eigenvalue weighted by molar-refractivity contribution is -0.116. The SMILES string of the molecule is CC(CNC(=O)C=Cc1nc2ccccc2s1)N1CCCC1. The Balaban J connectivity index is 1.52. The van der Waals surface area contributed by atoms with Crippen LogP contribution in [0.2, 0.25) is 0 Å². The van der Waals surface area contributed by atoms with Gasteiger partial charge in [0.25, 0.3) is 0 Å². The van der Waals surface area contributed by atoms with Crippen molar-refractivity contribution < 1.29 is 4.79 Å². The Morgan fingerprint density at radius 1 is 1.41 bits per heavy atom. The summed E-state index contributed by atoms with van der Waals surface area (Å²) in [5.74, 6) is -0.0506. The standard InChI is InChI=1S/C17H21N3OS/c1-13(20-10-4-5-11-20)12-18-16(21)8-9-17-19-14-6-2-3-7-15(14)22-17/h2-3,6-9,13H,4-5,10-12H2,1H3,(H,18,21). The van der Waals surface area contributed by atoms with Gasteiger partial charge >= 0.3 is 0 Å². The van der Waals surface area contributed by atoms with Crippen LogP contribution in [-0.2, 0) is 4.79 Å². The van der Waals surface area contributed by atoms with E-state index in [-0.39, 0.29) is 5.91 Å². The third kappa shape index (κ3) is 3.72. The second-order valence-electron chi connectivity index (χ2n) is 5.69. The molecule has 1 atom stereocenters. The van der Waals surface area contributed by atoms with Gasteiger partial charge in [-0.1, -0.05) is 12.1 Å². The largest absolute Gasteiger partial charge is 0.351 e. The molecule has 4 nitrogen and oxygen atoms in total. The Bertz CT molecular complexity index is 640. The lowest BCUT2D eigenvalue weighted by Gasteiger charge is -2.23.